The molecule has 1 amide bonds. The molecule has 1 heterocycles. The molecule has 0 aromatic rings. The number of piperidine rings is 1. The zero-order chi connectivity index (χ0) is 13.8. The van der Waals surface area contributed by atoms with Gasteiger partial charge >= 0.3 is 0 Å². The van der Waals surface area contributed by atoms with Crippen LogP contribution >= 0.6 is 0 Å². The summed E-state index contributed by atoms with van der Waals surface area (Å²) in [6.45, 7) is 8.69. The number of carbonyl (C=O) groups excluding carboxylic acids is 1. The van der Waals surface area contributed by atoms with E-state index < -0.39 is 0 Å². The summed E-state index contributed by atoms with van der Waals surface area (Å²) >= 11 is 0. The van der Waals surface area contributed by atoms with Crippen LogP contribution in [-0.2, 0) is 4.79 Å². The summed E-state index contributed by atoms with van der Waals surface area (Å²) in [7, 11) is 0. The molecular weight excluding hydrogens is 236 g/mol. The molecule has 0 aromatic carbocycles. The Labute approximate surface area is 118 Å². The van der Waals surface area contributed by atoms with Crippen LogP contribution in [0.2, 0.25) is 0 Å². The van der Waals surface area contributed by atoms with Crippen molar-refractivity contribution in [3.8, 4) is 0 Å². The Bertz CT molecular complexity index is 299. The van der Waals surface area contributed by atoms with Crippen LogP contribution in [0.4, 0.5) is 0 Å². The predicted octanol–water partition coefficient (Wildman–Crippen LogP) is 2.80. The monoisotopic (exact) mass is 266 g/mol. The maximum absolute atomic E-state index is 12.7. The molecule has 1 saturated carbocycles. The molecule has 0 radical (unpaired) electrons. The van der Waals surface area contributed by atoms with Crippen LogP contribution in [0.1, 0.15) is 59.3 Å². The fourth-order valence-electron chi connectivity index (χ4n) is 3.01. The number of hydrogen-bond acceptors (Lipinski definition) is 2. The van der Waals surface area contributed by atoms with Gasteiger partial charge in [-0.25, -0.2) is 0 Å². The quantitative estimate of drug-likeness (QED) is 0.802. The first-order valence-corrected chi connectivity index (χ1v) is 8.15. The molecule has 3 nitrogen and oxygen atoms in total. The van der Waals surface area contributed by atoms with Gasteiger partial charge in [-0.05, 0) is 50.5 Å². The van der Waals surface area contributed by atoms with Crippen molar-refractivity contribution < 1.29 is 4.79 Å². The van der Waals surface area contributed by atoms with E-state index in [2.05, 4.69) is 31.0 Å². The summed E-state index contributed by atoms with van der Waals surface area (Å²) in [5, 5.41) is 3.44. The molecular formula is C16H30N2O. The van der Waals surface area contributed by atoms with Crippen molar-refractivity contribution in [1.82, 2.24) is 10.2 Å². The van der Waals surface area contributed by atoms with E-state index in [9.17, 15) is 4.79 Å². The zero-order valence-electron chi connectivity index (χ0n) is 12.8. The van der Waals surface area contributed by atoms with E-state index in [4.69, 9.17) is 0 Å². The maximum Gasteiger partial charge on any atom is 0.239 e. The molecule has 110 valence electrons. The Morgan fingerprint density at radius 1 is 1.32 bits per heavy atom. The minimum absolute atomic E-state index is 0.0893. The van der Waals surface area contributed by atoms with Gasteiger partial charge in [0.1, 0.15) is 0 Å². The number of rotatable bonds is 6. The van der Waals surface area contributed by atoms with Gasteiger partial charge in [-0.15, -0.1) is 0 Å². The van der Waals surface area contributed by atoms with Crippen LogP contribution in [0.3, 0.4) is 0 Å². The van der Waals surface area contributed by atoms with Crippen LogP contribution in [-0.4, -0.2) is 36.0 Å². The highest BCUT2D eigenvalue weighted by Gasteiger charge is 2.37. The minimum atomic E-state index is 0.0893. The SMILES string of the molecule is CCC1CCNC(C(=O)N(CCC(C)C)C2CC2)C1. The van der Waals surface area contributed by atoms with Crippen molar-refractivity contribution >= 4 is 5.91 Å². The molecule has 19 heavy (non-hydrogen) atoms. The summed E-state index contributed by atoms with van der Waals surface area (Å²) < 4.78 is 0. The Morgan fingerprint density at radius 3 is 2.63 bits per heavy atom. The second-order valence-corrected chi connectivity index (χ2v) is 6.75. The highest BCUT2D eigenvalue weighted by molar-refractivity contribution is 5.82. The molecule has 2 fully saturated rings. The van der Waals surface area contributed by atoms with Gasteiger partial charge in [0, 0.05) is 12.6 Å². The van der Waals surface area contributed by atoms with Gasteiger partial charge in [-0.1, -0.05) is 27.2 Å². The van der Waals surface area contributed by atoms with Crippen LogP contribution < -0.4 is 5.32 Å². The first kappa shape index (κ1) is 14.8. The van der Waals surface area contributed by atoms with E-state index in [1.165, 1.54) is 25.7 Å². The van der Waals surface area contributed by atoms with Crippen molar-refractivity contribution in [2.24, 2.45) is 11.8 Å². The lowest BCUT2D eigenvalue weighted by atomic mass is 9.90. The van der Waals surface area contributed by atoms with Gasteiger partial charge in [0.05, 0.1) is 6.04 Å². The lowest BCUT2D eigenvalue weighted by Crippen LogP contribution is -2.51. The summed E-state index contributed by atoms with van der Waals surface area (Å²) in [6, 6.07) is 0.640. The third kappa shape index (κ3) is 4.20. The molecule has 1 N–H and O–H groups in total. The minimum Gasteiger partial charge on any atom is -0.338 e. The maximum atomic E-state index is 12.7. The third-order valence-electron chi connectivity index (χ3n) is 4.61. The first-order chi connectivity index (χ1) is 9.11. The largest absolute Gasteiger partial charge is 0.338 e. The number of nitrogens with zero attached hydrogens (tertiary/aromatic N) is 1. The van der Waals surface area contributed by atoms with Gasteiger partial charge in [0.15, 0.2) is 0 Å². The molecule has 2 aliphatic rings. The summed E-state index contributed by atoms with van der Waals surface area (Å²) in [5.74, 6) is 1.79. The van der Waals surface area contributed by atoms with Gasteiger partial charge in [-0.3, -0.25) is 4.79 Å². The van der Waals surface area contributed by atoms with Gasteiger partial charge in [0.25, 0.3) is 0 Å². The van der Waals surface area contributed by atoms with E-state index in [0.29, 0.717) is 17.9 Å². The molecule has 2 atom stereocenters. The average molecular weight is 266 g/mol. The lowest BCUT2D eigenvalue weighted by Gasteiger charge is -2.33. The predicted molar refractivity (Wildman–Crippen MR) is 79.0 cm³/mol. The summed E-state index contributed by atoms with van der Waals surface area (Å²) in [4.78, 5) is 14.9. The molecule has 2 unspecified atom stereocenters. The van der Waals surface area contributed by atoms with Crippen molar-refractivity contribution in [2.75, 3.05) is 13.1 Å². The molecule has 1 aliphatic heterocycles. The first-order valence-electron chi connectivity index (χ1n) is 8.15. The van der Waals surface area contributed by atoms with Crippen LogP contribution in [0.15, 0.2) is 0 Å². The Morgan fingerprint density at radius 2 is 2.05 bits per heavy atom. The van der Waals surface area contributed by atoms with E-state index in [1.807, 2.05) is 0 Å². The standard InChI is InChI=1S/C16H30N2O/c1-4-13-7-9-17-15(11-13)16(19)18(14-5-6-14)10-8-12(2)3/h12-15,17H,4-11H2,1-3H3. The molecule has 0 spiro atoms. The Balaban J connectivity index is 1.90. The lowest BCUT2D eigenvalue weighted by molar-refractivity contribution is -0.135. The van der Waals surface area contributed by atoms with Gasteiger partial charge < -0.3 is 10.2 Å². The number of amides is 1. The molecule has 0 aromatic heterocycles. The highest BCUT2D eigenvalue weighted by atomic mass is 16.2. The fourth-order valence-corrected chi connectivity index (χ4v) is 3.01. The molecule has 0 bridgehead atoms. The summed E-state index contributed by atoms with van der Waals surface area (Å²) in [6.07, 6.45) is 7.05. The van der Waals surface area contributed by atoms with Crippen molar-refractivity contribution in [1.29, 1.82) is 0 Å². The van der Waals surface area contributed by atoms with Crippen molar-refractivity contribution in [3.63, 3.8) is 0 Å². The summed E-state index contributed by atoms with van der Waals surface area (Å²) in [5.41, 5.74) is 0. The van der Waals surface area contributed by atoms with E-state index >= 15 is 0 Å². The number of nitrogens with one attached hydrogen (secondary N) is 1. The fraction of sp³-hybridized carbons (Fsp3) is 0.938. The zero-order valence-corrected chi connectivity index (χ0v) is 12.8. The van der Waals surface area contributed by atoms with Crippen LogP contribution in [0.25, 0.3) is 0 Å². The number of hydrogen-bond donors (Lipinski definition) is 1. The molecule has 1 aliphatic carbocycles. The van der Waals surface area contributed by atoms with E-state index in [-0.39, 0.29) is 6.04 Å². The van der Waals surface area contributed by atoms with Gasteiger partial charge in [-0.2, -0.15) is 0 Å². The Hall–Kier alpha value is -0.570. The molecule has 3 heteroatoms. The number of carbonyl (C=O) groups is 1. The van der Waals surface area contributed by atoms with Crippen LogP contribution in [0, 0.1) is 11.8 Å². The third-order valence-corrected chi connectivity index (χ3v) is 4.61. The second-order valence-electron chi connectivity index (χ2n) is 6.75. The smallest absolute Gasteiger partial charge is 0.239 e. The molecule has 1 saturated heterocycles. The second kappa shape index (κ2) is 6.74. The highest BCUT2D eigenvalue weighted by Crippen LogP contribution is 2.29. The average Bonchev–Trinajstić information content (AvgIpc) is 3.23. The van der Waals surface area contributed by atoms with Crippen molar-refractivity contribution in [3.05, 3.63) is 0 Å². The van der Waals surface area contributed by atoms with E-state index in [0.717, 1.165) is 31.8 Å². The van der Waals surface area contributed by atoms with Crippen molar-refractivity contribution in [2.45, 2.75) is 71.4 Å². The topological polar surface area (TPSA) is 32.3 Å². The Kier molecular flexibility index (Phi) is 5.26. The van der Waals surface area contributed by atoms with Gasteiger partial charge in [0.2, 0.25) is 5.91 Å². The molecule has 2 rings (SSSR count). The normalized spacial score (nSPS) is 27.6. The van der Waals surface area contributed by atoms with Crippen LogP contribution in [0.5, 0.6) is 0 Å². The van der Waals surface area contributed by atoms with E-state index in [1.54, 1.807) is 0 Å².